The van der Waals surface area contributed by atoms with Crippen molar-refractivity contribution < 1.29 is 9.90 Å². The van der Waals surface area contributed by atoms with Gasteiger partial charge in [-0.2, -0.15) is 0 Å². The first-order valence-corrected chi connectivity index (χ1v) is 4.80. The van der Waals surface area contributed by atoms with Crippen LogP contribution < -0.4 is 5.32 Å². The molecule has 11 heavy (non-hydrogen) atoms. The van der Waals surface area contributed by atoms with Gasteiger partial charge in [0.1, 0.15) is 0 Å². The second-order valence-electron chi connectivity index (χ2n) is 2.50. The lowest BCUT2D eigenvalue weighted by molar-refractivity contribution is -0.119. The molecule has 66 valence electrons. The van der Waals surface area contributed by atoms with E-state index in [0.717, 1.165) is 0 Å². The third-order valence-corrected chi connectivity index (χ3v) is 1.86. The van der Waals surface area contributed by atoms with Crippen LogP contribution in [-0.2, 0) is 4.79 Å². The van der Waals surface area contributed by atoms with E-state index in [1.807, 2.05) is 13.8 Å². The van der Waals surface area contributed by atoms with E-state index in [-0.39, 0.29) is 18.6 Å². The quantitative estimate of drug-likeness (QED) is 0.591. The third kappa shape index (κ3) is 7.68. The maximum Gasteiger partial charge on any atom is 0.230 e. The van der Waals surface area contributed by atoms with Crippen LogP contribution in [-0.4, -0.2) is 35.2 Å². The highest BCUT2D eigenvalue weighted by molar-refractivity contribution is 7.99. The fraction of sp³-hybridized carbons (Fsp3) is 0.857. The zero-order valence-corrected chi connectivity index (χ0v) is 7.78. The molecular formula is C7H15NO2S. The summed E-state index contributed by atoms with van der Waals surface area (Å²) in [6.07, 6.45) is 0. The summed E-state index contributed by atoms with van der Waals surface area (Å²) in [7, 11) is 0. The first-order chi connectivity index (χ1) is 5.16. The van der Waals surface area contributed by atoms with E-state index in [1.54, 1.807) is 0 Å². The molecule has 0 aliphatic carbocycles. The lowest BCUT2D eigenvalue weighted by atomic mass is 10.4. The Balaban J connectivity index is 3.23. The van der Waals surface area contributed by atoms with Gasteiger partial charge >= 0.3 is 0 Å². The van der Waals surface area contributed by atoms with Gasteiger partial charge in [0.2, 0.25) is 5.91 Å². The van der Waals surface area contributed by atoms with Gasteiger partial charge in [-0.3, -0.25) is 4.79 Å². The maximum atomic E-state index is 10.9. The highest BCUT2D eigenvalue weighted by Crippen LogP contribution is 1.97. The lowest BCUT2D eigenvalue weighted by Gasteiger charge is -2.06. The summed E-state index contributed by atoms with van der Waals surface area (Å²) in [4.78, 5) is 10.9. The summed E-state index contributed by atoms with van der Waals surface area (Å²) in [6.45, 7) is 3.99. The van der Waals surface area contributed by atoms with E-state index in [4.69, 9.17) is 5.11 Å². The SMILES string of the molecule is CC(C)NC(=O)CSCCO. The molecule has 0 aromatic rings. The van der Waals surface area contributed by atoms with Crippen molar-refractivity contribution in [2.24, 2.45) is 0 Å². The van der Waals surface area contributed by atoms with E-state index in [2.05, 4.69) is 5.32 Å². The molecule has 0 atom stereocenters. The van der Waals surface area contributed by atoms with Crippen LogP contribution in [0.1, 0.15) is 13.8 Å². The fourth-order valence-electron chi connectivity index (χ4n) is 0.593. The van der Waals surface area contributed by atoms with Crippen LogP contribution in [0.5, 0.6) is 0 Å². The van der Waals surface area contributed by atoms with Crippen molar-refractivity contribution in [2.75, 3.05) is 18.1 Å². The van der Waals surface area contributed by atoms with Crippen LogP contribution in [0.2, 0.25) is 0 Å². The van der Waals surface area contributed by atoms with Crippen molar-refractivity contribution in [1.82, 2.24) is 5.32 Å². The molecule has 0 aromatic carbocycles. The molecule has 3 nitrogen and oxygen atoms in total. The highest BCUT2D eigenvalue weighted by Gasteiger charge is 2.01. The Bertz CT molecular complexity index is 117. The van der Waals surface area contributed by atoms with Crippen molar-refractivity contribution in [3.05, 3.63) is 0 Å². The lowest BCUT2D eigenvalue weighted by Crippen LogP contribution is -2.31. The van der Waals surface area contributed by atoms with Gasteiger partial charge in [0.15, 0.2) is 0 Å². The fourth-order valence-corrected chi connectivity index (χ4v) is 1.14. The molecule has 1 amide bonds. The molecule has 0 saturated heterocycles. The minimum atomic E-state index is 0.0402. The Labute approximate surface area is 71.6 Å². The first-order valence-electron chi connectivity index (χ1n) is 3.64. The van der Waals surface area contributed by atoms with E-state index < -0.39 is 0 Å². The maximum absolute atomic E-state index is 10.9. The van der Waals surface area contributed by atoms with Crippen molar-refractivity contribution in [3.63, 3.8) is 0 Å². The third-order valence-electron chi connectivity index (χ3n) is 0.918. The molecule has 0 rings (SSSR count). The monoisotopic (exact) mass is 177 g/mol. The molecule has 0 aliphatic rings. The number of thioether (sulfide) groups is 1. The van der Waals surface area contributed by atoms with E-state index in [0.29, 0.717) is 11.5 Å². The summed E-state index contributed by atoms with van der Waals surface area (Å²) < 4.78 is 0. The predicted molar refractivity (Wildman–Crippen MR) is 47.7 cm³/mol. The van der Waals surface area contributed by atoms with Gasteiger partial charge in [-0.1, -0.05) is 0 Å². The van der Waals surface area contributed by atoms with Crippen LogP contribution in [0.15, 0.2) is 0 Å². The Morgan fingerprint density at radius 1 is 1.64 bits per heavy atom. The standard InChI is InChI=1S/C7H15NO2S/c1-6(2)8-7(10)5-11-4-3-9/h6,9H,3-5H2,1-2H3,(H,8,10). The number of rotatable bonds is 5. The average molecular weight is 177 g/mol. The van der Waals surface area contributed by atoms with Gasteiger partial charge in [0.25, 0.3) is 0 Å². The van der Waals surface area contributed by atoms with Crippen LogP contribution in [0, 0.1) is 0 Å². The molecule has 0 aromatic heterocycles. The van der Waals surface area contributed by atoms with Crippen molar-refractivity contribution in [1.29, 1.82) is 0 Å². The molecule has 0 radical (unpaired) electrons. The minimum Gasteiger partial charge on any atom is -0.396 e. The molecule has 0 aliphatic heterocycles. The van der Waals surface area contributed by atoms with E-state index in [9.17, 15) is 4.79 Å². The van der Waals surface area contributed by atoms with Gasteiger partial charge in [0.05, 0.1) is 12.4 Å². The van der Waals surface area contributed by atoms with E-state index >= 15 is 0 Å². The molecule has 0 saturated carbocycles. The van der Waals surface area contributed by atoms with Gasteiger partial charge in [-0.05, 0) is 13.8 Å². The van der Waals surface area contributed by atoms with Crippen LogP contribution >= 0.6 is 11.8 Å². The number of aliphatic hydroxyl groups excluding tert-OH is 1. The number of carbonyl (C=O) groups is 1. The second-order valence-corrected chi connectivity index (χ2v) is 3.60. The normalized spacial score (nSPS) is 10.2. The van der Waals surface area contributed by atoms with E-state index in [1.165, 1.54) is 11.8 Å². The predicted octanol–water partition coefficient (Wildman–Crippen LogP) is 0.236. The number of aliphatic hydroxyl groups is 1. The summed E-state index contributed by atoms with van der Waals surface area (Å²) in [5.41, 5.74) is 0. The van der Waals surface area contributed by atoms with Crippen LogP contribution in [0.4, 0.5) is 0 Å². The minimum absolute atomic E-state index is 0.0402. The van der Waals surface area contributed by atoms with Gasteiger partial charge < -0.3 is 10.4 Å². The Kier molecular flexibility index (Phi) is 6.36. The molecule has 0 spiro atoms. The van der Waals surface area contributed by atoms with Gasteiger partial charge in [0, 0.05) is 11.8 Å². The Morgan fingerprint density at radius 2 is 2.27 bits per heavy atom. The molecule has 0 heterocycles. The number of amides is 1. The molecule has 2 N–H and O–H groups in total. The number of hydrogen-bond donors (Lipinski definition) is 2. The number of hydrogen-bond acceptors (Lipinski definition) is 3. The van der Waals surface area contributed by atoms with Crippen molar-refractivity contribution in [3.8, 4) is 0 Å². The topological polar surface area (TPSA) is 49.3 Å². The van der Waals surface area contributed by atoms with Crippen molar-refractivity contribution in [2.45, 2.75) is 19.9 Å². The summed E-state index contributed by atoms with van der Waals surface area (Å²) >= 11 is 1.44. The average Bonchev–Trinajstić information content (AvgIpc) is 1.86. The summed E-state index contributed by atoms with van der Waals surface area (Å²) in [5, 5.41) is 11.2. The molecule has 4 heteroatoms. The first kappa shape index (κ1) is 10.8. The molecule has 0 bridgehead atoms. The Hall–Kier alpha value is -0.220. The highest BCUT2D eigenvalue weighted by atomic mass is 32.2. The molecule has 0 unspecified atom stereocenters. The second kappa shape index (κ2) is 6.49. The smallest absolute Gasteiger partial charge is 0.230 e. The molecule has 0 fully saturated rings. The van der Waals surface area contributed by atoms with Crippen LogP contribution in [0.25, 0.3) is 0 Å². The summed E-state index contributed by atoms with van der Waals surface area (Å²) in [5.74, 6) is 1.11. The number of nitrogens with one attached hydrogen (secondary N) is 1. The zero-order chi connectivity index (χ0) is 8.69. The Morgan fingerprint density at radius 3 is 2.73 bits per heavy atom. The van der Waals surface area contributed by atoms with Gasteiger partial charge in [-0.25, -0.2) is 0 Å². The largest absolute Gasteiger partial charge is 0.396 e. The van der Waals surface area contributed by atoms with Crippen LogP contribution in [0.3, 0.4) is 0 Å². The molecular weight excluding hydrogens is 162 g/mol. The van der Waals surface area contributed by atoms with Crippen molar-refractivity contribution >= 4 is 17.7 Å². The summed E-state index contributed by atoms with van der Waals surface area (Å²) in [6, 6.07) is 0.206. The van der Waals surface area contributed by atoms with Gasteiger partial charge in [-0.15, -0.1) is 11.8 Å². The zero-order valence-electron chi connectivity index (χ0n) is 6.96. The number of carbonyl (C=O) groups excluding carboxylic acids is 1.